The molecule has 140 valence electrons. The first-order valence-electron chi connectivity index (χ1n) is 7.96. The molecule has 0 aliphatic rings. The summed E-state index contributed by atoms with van der Waals surface area (Å²) >= 11 is 3.56. The molecule has 0 aliphatic carbocycles. The van der Waals surface area contributed by atoms with E-state index in [1.165, 1.54) is 18.9 Å². The molecule has 0 fully saturated rings. The van der Waals surface area contributed by atoms with E-state index in [4.69, 9.17) is 4.74 Å². The number of nitrogens with one attached hydrogen (secondary N) is 1. The Morgan fingerprint density at radius 3 is 2.92 bits per heavy atom. The van der Waals surface area contributed by atoms with Crippen molar-refractivity contribution in [3.63, 3.8) is 0 Å². The standard InChI is InChI=1S/C18H22IN3O3S/c1-18(2,7-8-21-24-3)22-16(23)17(26-4)25-14-5-6-15-12(10-14)9-13(19)11-20-15/h5-6,8-11,17H,7H2,1-4H3,(H,22,23). The quantitative estimate of drug-likeness (QED) is 0.265. The molecule has 6 nitrogen and oxygen atoms in total. The number of amides is 1. The lowest BCUT2D eigenvalue weighted by atomic mass is 10.0. The summed E-state index contributed by atoms with van der Waals surface area (Å²) in [5.74, 6) is 0.448. The van der Waals surface area contributed by atoms with Crippen molar-refractivity contribution in [1.82, 2.24) is 10.3 Å². The number of aromatic nitrogens is 1. The monoisotopic (exact) mass is 487 g/mol. The van der Waals surface area contributed by atoms with Gasteiger partial charge in [0.1, 0.15) is 12.9 Å². The summed E-state index contributed by atoms with van der Waals surface area (Å²) in [7, 11) is 1.49. The molecule has 0 radical (unpaired) electrons. The maximum Gasteiger partial charge on any atom is 0.272 e. The molecule has 26 heavy (non-hydrogen) atoms. The SMILES string of the molecule is CON=CCC(C)(C)NC(=O)C(Oc1ccc2ncc(I)cc2c1)SC. The van der Waals surface area contributed by atoms with Gasteiger partial charge in [-0.2, -0.15) is 0 Å². The van der Waals surface area contributed by atoms with E-state index in [1.54, 1.807) is 6.21 Å². The summed E-state index contributed by atoms with van der Waals surface area (Å²) in [5, 5.41) is 7.68. The molecule has 1 aromatic carbocycles. The molecule has 1 heterocycles. The summed E-state index contributed by atoms with van der Waals surface area (Å²) in [6.45, 7) is 3.85. The van der Waals surface area contributed by atoms with Crippen LogP contribution in [-0.2, 0) is 9.63 Å². The minimum absolute atomic E-state index is 0.186. The van der Waals surface area contributed by atoms with Gasteiger partial charge in [0.15, 0.2) is 0 Å². The molecule has 8 heteroatoms. The van der Waals surface area contributed by atoms with Crippen molar-refractivity contribution in [2.24, 2.45) is 5.16 Å². The fourth-order valence-corrected chi connectivity index (χ4v) is 3.23. The highest BCUT2D eigenvalue weighted by atomic mass is 127. The molecule has 0 spiro atoms. The Morgan fingerprint density at radius 1 is 1.46 bits per heavy atom. The number of carbonyl (C=O) groups excluding carboxylic acids is 1. The fourth-order valence-electron chi connectivity index (χ4n) is 2.27. The molecule has 0 aliphatic heterocycles. The van der Waals surface area contributed by atoms with E-state index < -0.39 is 11.0 Å². The number of ether oxygens (including phenoxy) is 1. The van der Waals surface area contributed by atoms with E-state index in [0.717, 1.165) is 14.5 Å². The predicted octanol–water partition coefficient (Wildman–Crippen LogP) is 3.82. The molecular formula is C18H22IN3O3S. The zero-order valence-electron chi connectivity index (χ0n) is 15.2. The highest BCUT2D eigenvalue weighted by molar-refractivity contribution is 14.1. The second-order valence-corrected chi connectivity index (χ2v) is 8.39. The first kappa shape index (κ1) is 20.8. The molecule has 1 unspecified atom stereocenters. The number of hydrogen-bond donors (Lipinski definition) is 1. The van der Waals surface area contributed by atoms with Gasteiger partial charge < -0.3 is 14.9 Å². The van der Waals surface area contributed by atoms with Crippen LogP contribution in [0.4, 0.5) is 0 Å². The normalized spacial score (nSPS) is 13.0. The number of oxime groups is 1. The average Bonchev–Trinajstić information content (AvgIpc) is 2.58. The number of rotatable bonds is 8. The molecule has 0 saturated heterocycles. The van der Waals surface area contributed by atoms with E-state index >= 15 is 0 Å². The van der Waals surface area contributed by atoms with Crippen molar-refractivity contribution in [1.29, 1.82) is 0 Å². The Bertz CT molecular complexity index is 798. The molecule has 1 aromatic heterocycles. The lowest BCUT2D eigenvalue weighted by Gasteiger charge is -2.27. The highest BCUT2D eigenvalue weighted by Gasteiger charge is 2.26. The first-order chi connectivity index (χ1) is 12.3. The van der Waals surface area contributed by atoms with Crippen LogP contribution in [0, 0.1) is 3.57 Å². The highest BCUT2D eigenvalue weighted by Crippen LogP contribution is 2.24. The minimum atomic E-state index is -0.651. The van der Waals surface area contributed by atoms with Crippen molar-refractivity contribution in [2.75, 3.05) is 13.4 Å². The van der Waals surface area contributed by atoms with Gasteiger partial charge in [0.05, 0.1) is 5.52 Å². The third-order valence-electron chi connectivity index (χ3n) is 3.53. The lowest BCUT2D eigenvalue weighted by molar-refractivity contribution is -0.126. The van der Waals surface area contributed by atoms with Crippen molar-refractivity contribution >= 4 is 57.4 Å². The van der Waals surface area contributed by atoms with E-state index in [0.29, 0.717) is 12.2 Å². The lowest BCUT2D eigenvalue weighted by Crippen LogP contribution is -2.48. The van der Waals surface area contributed by atoms with Crippen molar-refractivity contribution < 1.29 is 14.4 Å². The largest absolute Gasteiger partial charge is 0.470 e. The van der Waals surface area contributed by atoms with Crippen LogP contribution in [0.1, 0.15) is 20.3 Å². The van der Waals surface area contributed by atoms with E-state index in [-0.39, 0.29) is 5.91 Å². The first-order valence-corrected chi connectivity index (χ1v) is 10.3. The number of hydrogen-bond acceptors (Lipinski definition) is 6. The summed E-state index contributed by atoms with van der Waals surface area (Å²) in [6, 6.07) is 7.65. The van der Waals surface area contributed by atoms with Crippen LogP contribution < -0.4 is 10.1 Å². The summed E-state index contributed by atoms with van der Waals surface area (Å²) < 4.78 is 6.95. The number of fused-ring (bicyclic) bond motifs is 1. The fraction of sp³-hybridized carbons (Fsp3) is 0.389. The second-order valence-electron chi connectivity index (χ2n) is 6.24. The van der Waals surface area contributed by atoms with Crippen molar-refractivity contribution in [3.05, 3.63) is 34.0 Å². The number of nitrogens with zero attached hydrogens (tertiary/aromatic N) is 2. The zero-order valence-corrected chi connectivity index (χ0v) is 18.1. The molecule has 0 bridgehead atoms. The molecule has 2 rings (SSSR count). The van der Waals surface area contributed by atoms with Crippen LogP contribution in [0.2, 0.25) is 0 Å². The van der Waals surface area contributed by atoms with E-state index in [2.05, 4.69) is 42.9 Å². The van der Waals surface area contributed by atoms with Crippen LogP contribution in [0.25, 0.3) is 10.9 Å². The maximum atomic E-state index is 12.6. The number of carbonyl (C=O) groups is 1. The van der Waals surface area contributed by atoms with Gasteiger partial charge in [-0.05, 0) is 67.0 Å². The van der Waals surface area contributed by atoms with Gasteiger partial charge in [0.2, 0.25) is 5.44 Å². The Hall–Kier alpha value is -1.55. The number of halogens is 1. The van der Waals surface area contributed by atoms with Gasteiger partial charge in [0, 0.05) is 33.3 Å². The van der Waals surface area contributed by atoms with Gasteiger partial charge in [-0.3, -0.25) is 9.78 Å². The predicted molar refractivity (Wildman–Crippen MR) is 115 cm³/mol. The molecule has 1 amide bonds. The van der Waals surface area contributed by atoms with Crippen LogP contribution >= 0.6 is 34.4 Å². The third-order valence-corrected chi connectivity index (χ3v) is 4.86. The second kappa shape index (κ2) is 9.40. The van der Waals surface area contributed by atoms with Crippen LogP contribution in [0.5, 0.6) is 5.75 Å². The Labute approximate surface area is 171 Å². The Morgan fingerprint density at radius 2 is 2.23 bits per heavy atom. The van der Waals surface area contributed by atoms with Crippen LogP contribution in [0.3, 0.4) is 0 Å². The molecule has 2 aromatic rings. The number of benzene rings is 1. The molecule has 0 saturated carbocycles. The average molecular weight is 487 g/mol. The minimum Gasteiger partial charge on any atom is -0.470 e. The third kappa shape index (κ3) is 6.01. The van der Waals surface area contributed by atoms with Gasteiger partial charge in [0.25, 0.3) is 5.91 Å². The van der Waals surface area contributed by atoms with Gasteiger partial charge in [-0.25, -0.2) is 0 Å². The summed E-state index contributed by atoms with van der Waals surface area (Å²) in [6.07, 6.45) is 5.84. The van der Waals surface area contributed by atoms with E-state index in [1.807, 2.05) is 50.6 Å². The van der Waals surface area contributed by atoms with E-state index in [9.17, 15) is 4.79 Å². The van der Waals surface area contributed by atoms with Crippen LogP contribution in [-0.4, -0.2) is 41.4 Å². The summed E-state index contributed by atoms with van der Waals surface area (Å²) in [4.78, 5) is 21.6. The van der Waals surface area contributed by atoms with Crippen molar-refractivity contribution in [2.45, 2.75) is 31.2 Å². The summed E-state index contributed by atoms with van der Waals surface area (Å²) in [5.41, 5.74) is -0.219. The van der Waals surface area contributed by atoms with Crippen molar-refractivity contribution in [3.8, 4) is 5.75 Å². The Kier molecular flexibility index (Phi) is 7.51. The maximum absolute atomic E-state index is 12.6. The Balaban J connectivity index is 2.08. The molecule has 1 atom stereocenters. The zero-order chi connectivity index (χ0) is 19.2. The molecule has 1 N–H and O–H groups in total. The van der Waals surface area contributed by atoms with Crippen LogP contribution in [0.15, 0.2) is 35.6 Å². The van der Waals surface area contributed by atoms with Gasteiger partial charge >= 0.3 is 0 Å². The van der Waals surface area contributed by atoms with Gasteiger partial charge in [-0.1, -0.05) is 5.16 Å². The van der Waals surface area contributed by atoms with Gasteiger partial charge in [-0.15, -0.1) is 11.8 Å². The topological polar surface area (TPSA) is 72.8 Å². The smallest absolute Gasteiger partial charge is 0.272 e. The number of pyridine rings is 1. The molecular weight excluding hydrogens is 465 g/mol. The number of thioether (sulfide) groups is 1.